The predicted octanol–water partition coefficient (Wildman–Crippen LogP) is 2.43. The molecule has 1 rings (SSSR count). The summed E-state index contributed by atoms with van der Waals surface area (Å²) in [5, 5.41) is 9.14. The molecule has 0 radical (unpaired) electrons. The molecule has 0 fully saturated rings. The van der Waals surface area contributed by atoms with Gasteiger partial charge in [-0.3, -0.25) is 4.90 Å². The number of benzene rings is 1. The smallest absolute Gasteiger partial charge is 0.0995 e. The Balaban J connectivity index is 2.59. The maximum absolute atomic E-state index is 9.14. The lowest BCUT2D eigenvalue weighted by atomic mass is 10.1. The molecule has 0 bridgehead atoms. The van der Waals surface area contributed by atoms with Gasteiger partial charge in [-0.15, -0.1) is 0 Å². The summed E-state index contributed by atoms with van der Waals surface area (Å²) in [6.07, 6.45) is 0. The molecule has 0 N–H and O–H groups in total. The summed E-state index contributed by atoms with van der Waals surface area (Å²) in [5.41, 5.74) is 1.80. The molecule has 0 aromatic heterocycles. The molecular formula is C16H24N2O2. The highest BCUT2D eigenvalue weighted by molar-refractivity contribution is 5.37. The van der Waals surface area contributed by atoms with E-state index in [4.69, 9.17) is 14.7 Å². The standard InChI is InChI=1S/C16H24N2O2/c1-3-19-11-9-18(10-12-20-4-2)14-16-8-6-5-7-15(16)13-17/h5-8H,3-4,9-12,14H2,1-2H3. The van der Waals surface area contributed by atoms with Crippen molar-refractivity contribution in [3.8, 4) is 6.07 Å². The first-order valence-corrected chi connectivity index (χ1v) is 7.17. The fraction of sp³-hybridized carbons (Fsp3) is 0.562. The van der Waals surface area contributed by atoms with Gasteiger partial charge in [-0.05, 0) is 25.5 Å². The van der Waals surface area contributed by atoms with Crippen LogP contribution in [0.1, 0.15) is 25.0 Å². The predicted molar refractivity (Wildman–Crippen MR) is 79.4 cm³/mol. The van der Waals surface area contributed by atoms with Crippen molar-refractivity contribution in [2.75, 3.05) is 39.5 Å². The van der Waals surface area contributed by atoms with Crippen LogP contribution in [0.15, 0.2) is 24.3 Å². The molecule has 0 spiro atoms. The zero-order chi connectivity index (χ0) is 14.6. The lowest BCUT2D eigenvalue weighted by Gasteiger charge is -2.22. The van der Waals surface area contributed by atoms with Gasteiger partial charge >= 0.3 is 0 Å². The molecule has 0 saturated heterocycles. The molecule has 110 valence electrons. The van der Waals surface area contributed by atoms with Gasteiger partial charge in [-0.1, -0.05) is 18.2 Å². The van der Waals surface area contributed by atoms with Crippen LogP contribution in [0.2, 0.25) is 0 Å². The van der Waals surface area contributed by atoms with Gasteiger partial charge in [0.25, 0.3) is 0 Å². The fourth-order valence-electron chi connectivity index (χ4n) is 1.95. The van der Waals surface area contributed by atoms with Crippen molar-refractivity contribution in [2.45, 2.75) is 20.4 Å². The summed E-state index contributed by atoms with van der Waals surface area (Å²) < 4.78 is 10.8. The maximum atomic E-state index is 9.14. The van der Waals surface area contributed by atoms with Gasteiger partial charge in [0.1, 0.15) is 0 Å². The van der Waals surface area contributed by atoms with Crippen LogP contribution in [0.4, 0.5) is 0 Å². The van der Waals surface area contributed by atoms with Crippen LogP contribution in [-0.2, 0) is 16.0 Å². The summed E-state index contributed by atoms with van der Waals surface area (Å²) in [6.45, 7) is 9.31. The van der Waals surface area contributed by atoms with Crippen molar-refractivity contribution in [1.29, 1.82) is 5.26 Å². The van der Waals surface area contributed by atoms with E-state index in [2.05, 4.69) is 11.0 Å². The molecule has 0 unspecified atom stereocenters. The van der Waals surface area contributed by atoms with Crippen LogP contribution in [0.5, 0.6) is 0 Å². The van der Waals surface area contributed by atoms with Crippen molar-refractivity contribution >= 4 is 0 Å². The SMILES string of the molecule is CCOCCN(CCOCC)Cc1ccccc1C#N. The van der Waals surface area contributed by atoms with Crippen molar-refractivity contribution in [3.63, 3.8) is 0 Å². The van der Waals surface area contributed by atoms with Crippen LogP contribution in [0.25, 0.3) is 0 Å². The number of nitrogens with zero attached hydrogens (tertiary/aromatic N) is 2. The van der Waals surface area contributed by atoms with Crippen LogP contribution < -0.4 is 0 Å². The molecule has 0 amide bonds. The highest BCUT2D eigenvalue weighted by Gasteiger charge is 2.09. The first-order valence-electron chi connectivity index (χ1n) is 7.17. The summed E-state index contributed by atoms with van der Waals surface area (Å²) >= 11 is 0. The molecule has 1 aromatic carbocycles. The second-order valence-electron chi connectivity index (χ2n) is 4.44. The third kappa shape index (κ3) is 6.16. The molecule has 0 atom stereocenters. The van der Waals surface area contributed by atoms with Crippen molar-refractivity contribution in [2.24, 2.45) is 0 Å². The number of hydrogen-bond acceptors (Lipinski definition) is 4. The van der Waals surface area contributed by atoms with Gasteiger partial charge in [-0.2, -0.15) is 5.26 Å². The van der Waals surface area contributed by atoms with E-state index in [9.17, 15) is 0 Å². The zero-order valence-electron chi connectivity index (χ0n) is 12.5. The van der Waals surface area contributed by atoms with Crippen LogP contribution >= 0.6 is 0 Å². The summed E-state index contributed by atoms with van der Waals surface area (Å²) in [6, 6.07) is 9.98. The second kappa shape index (κ2) is 10.4. The van der Waals surface area contributed by atoms with Gasteiger partial charge < -0.3 is 9.47 Å². The third-order valence-electron chi connectivity index (χ3n) is 3.04. The van der Waals surface area contributed by atoms with E-state index in [1.54, 1.807) is 0 Å². The molecule has 0 saturated carbocycles. The van der Waals surface area contributed by atoms with Gasteiger partial charge in [0.15, 0.2) is 0 Å². The van der Waals surface area contributed by atoms with E-state index < -0.39 is 0 Å². The number of rotatable bonds is 10. The normalized spacial score (nSPS) is 10.7. The molecule has 0 heterocycles. The molecule has 0 aliphatic rings. The Labute approximate surface area is 121 Å². The second-order valence-corrected chi connectivity index (χ2v) is 4.44. The highest BCUT2D eigenvalue weighted by Crippen LogP contribution is 2.10. The minimum atomic E-state index is 0.706. The Morgan fingerprint density at radius 1 is 1.05 bits per heavy atom. The number of ether oxygens (including phenoxy) is 2. The molecule has 20 heavy (non-hydrogen) atoms. The summed E-state index contributed by atoms with van der Waals surface area (Å²) in [4.78, 5) is 2.27. The molecular weight excluding hydrogens is 252 g/mol. The average molecular weight is 276 g/mol. The Morgan fingerprint density at radius 2 is 1.65 bits per heavy atom. The first-order chi connectivity index (χ1) is 9.81. The Kier molecular flexibility index (Phi) is 8.64. The fourth-order valence-corrected chi connectivity index (χ4v) is 1.95. The minimum Gasteiger partial charge on any atom is -0.380 e. The van der Waals surface area contributed by atoms with E-state index in [-0.39, 0.29) is 0 Å². The van der Waals surface area contributed by atoms with E-state index in [0.29, 0.717) is 13.2 Å². The number of hydrogen-bond donors (Lipinski definition) is 0. The van der Waals surface area contributed by atoms with Gasteiger partial charge in [0, 0.05) is 32.8 Å². The van der Waals surface area contributed by atoms with E-state index >= 15 is 0 Å². The molecule has 0 aliphatic heterocycles. The summed E-state index contributed by atoms with van der Waals surface area (Å²) in [7, 11) is 0. The Morgan fingerprint density at radius 3 is 2.20 bits per heavy atom. The Hall–Kier alpha value is -1.41. The average Bonchev–Trinajstić information content (AvgIpc) is 2.48. The first kappa shape index (κ1) is 16.6. The topological polar surface area (TPSA) is 45.5 Å². The lowest BCUT2D eigenvalue weighted by Crippen LogP contribution is -2.31. The van der Waals surface area contributed by atoms with Gasteiger partial charge in [-0.25, -0.2) is 0 Å². The van der Waals surface area contributed by atoms with E-state index in [1.807, 2.05) is 38.1 Å². The van der Waals surface area contributed by atoms with Crippen LogP contribution in [0.3, 0.4) is 0 Å². The molecule has 4 nitrogen and oxygen atoms in total. The lowest BCUT2D eigenvalue weighted by molar-refractivity contribution is 0.0797. The summed E-state index contributed by atoms with van der Waals surface area (Å²) in [5.74, 6) is 0. The minimum absolute atomic E-state index is 0.706. The largest absolute Gasteiger partial charge is 0.380 e. The van der Waals surface area contributed by atoms with Gasteiger partial charge in [0.05, 0.1) is 24.8 Å². The molecule has 4 heteroatoms. The van der Waals surface area contributed by atoms with E-state index in [1.165, 1.54) is 0 Å². The molecule has 1 aromatic rings. The quantitative estimate of drug-likeness (QED) is 0.616. The molecule has 0 aliphatic carbocycles. The van der Waals surface area contributed by atoms with Crippen molar-refractivity contribution in [3.05, 3.63) is 35.4 Å². The van der Waals surface area contributed by atoms with E-state index in [0.717, 1.165) is 44.0 Å². The maximum Gasteiger partial charge on any atom is 0.0995 e. The van der Waals surface area contributed by atoms with Gasteiger partial charge in [0.2, 0.25) is 0 Å². The highest BCUT2D eigenvalue weighted by atomic mass is 16.5. The van der Waals surface area contributed by atoms with Crippen molar-refractivity contribution < 1.29 is 9.47 Å². The Bertz CT molecular complexity index is 405. The van der Waals surface area contributed by atoms with Crippen molar-refractivity contribution in [1.82, 2.24) is 4.90 Å². The van der Waals surface area contributed by atoms with Crippen LogP contribution in [-0.4, -0.2) is 44.4 Å². The monoisotopic (exact) mass is 276 g/mol. The zero-order valence-corrected chi connectivity index (χ0v) is 12.5. The number of nitriles is 1. The van der Waals surface area contributed by atoms with Crippen LogP contribution in [0, 0.1) is 11.3 Å². The third-order valence-corrected chi connectivity index (χ3v) is 3.04.